The van der Waals surface area contributed by atoms with Gasteiger partial charge in [0, 0.05) is 11.1 Å². The van der Waals surface area contributed by atoms with Crippen LogP contribution < -0.4 is 4.74 Å². The largest absolute Gasteiger partial charge is 0.489 e. The van der Waals surface area contributed by atoms with Gasteiger partial charge in [0.15, 0.2) is 0 Å². The standard InChI is InChI=1S/C16H25O/c1-11-9-12(15(2,3)4)14(17-8)13(10-11)16(5,6)7/h9-10H,8H2,1-7H3. The Morgan fingerprint density at radius 2 is 1.24 bits per heavy atom. The first kappa shape index (κ1) is 14.1. The predicted octanol–water partition coefficient (Wildman–Crippen LogP) is 4.76. The summed E-state index contributed by atoms with van der Waals surface area (Å²) in [5.74, 6) is 0.940. The maximum absolute atomic E-state index is 5.43. The molecular formula is C16H25O. The van der Waals surface area contributed by atoms with Crippen LogP contribution in [0.15, 0.2) is 12.1 Å². The molecule has 0 aliphatic heterocycles. The molecule has 0 aromatic heterocycles. The third-order valence-electron chi connectivity index (χ3n) is 2.99. The average molecular weight is 233 g/mol. The Labute approximate surface area is 106 Å². The lowest BCUT2D eigenvalue weighted by Crippen LogP contribution is -2.19. The van der Waals surface area contributed by atoms with Gasteiger partial charge in [0.25, 0.3) is 0 Å². The number of rotatable bonds is 1. The van der Waals surface area contributed by atoms with Crippen molar-refractivity contribution in [3.63, 3.8) is 0 Å². The summed E-state index contributed by atoms with van der Waals surface area (Å²) in [6.07, 6.45) is 0. The van der Waals surface area contributed by atoms with Gasteiger partial charge in [0.05, 0.1) is 0 Å². The molecule has 0 saturated heterocycles. The first-order valence-corrected chi connectivity index (χ1v) is 6.15. The second-order valence-electron chi connectivity index (χ2n) is 6.83. The van der Waals surface area contributed by atoms with Gasteiger partial charge in [-0.05, 0) is 17.8 Å². The Hall–Kier alpha value is -0.980. The lowest BCUT2D eigenvalue weighted by atomic mass is 9.78. The van der Waals surface area contributed by atoms with E-state index in [0.29, 0.717) is 0 Å². The quantitative estimate of drug-likeness (QED) is 0.679. The fraction of sp³-hybridized carbons (Fsp3) is 0.562. The van der Waals surface area contributed by atoms with Crippen molar-refractivity contribution in [1.29, 1.82) is 0 Å². The molecule has 0 saturated carbocycles. The second kappa shape index (κ2) is 4.36. The molecule has 0 atom stereocenters. The van der Waals surface area contributed by atoms with Gasteiger partial charge in [-0.2, -0.15) is 0 Å². The summed E-state index contributed by atoms with van der Waals surface area (Å²) in [6, 6.07) is 4.41. The zero-order valence-corrected chi connectivity index (χ0v) is 12.3. The van der Waals surface area contributed by atoms with Crippen LogP contribution in [-0.4, -0.2) is 0 Å². The monoisotopic (exact) mass is 233 g/mol. The summed E-state index contributed by atoms with van der Waals surface area (Å²) < 4.78 is 5.43. The lowest BCUT2D eigenvalue weighted by Gasteiger charge is -2.29. The molecule has 1 nitrogen and oxygen atoms in total. The molecule has 0 bridgehead atoms. The van der Waals surface area contributed by atoms with E-state index < -0.39 is 0 Å². The van der Waals surface area contributed by atoms with E-state index in [1.165, 1.54) is 16.7 Å². The molecule has 0 spiro atoms. The van der Waals surface area contributed by atoms with Gasteiger partial charge >= 0.3 is 0 Å². The van der Waals surface area contributed by atoms with Crippen LogP contribution in [0.5, 0.6) is 5.75 Å². The van der Waals surface area contributed by atoms with Gasteiger partial charge in [0.2, 0.25) is 0 Å². The molecule has 0 amide bonds. The van der Waals surface area contributed by atoms with E-state index in [0.717, 1.165) is 5.75 Å². The zero-order chi connectivity index (χ0) is 13.4. The number of benzene rings is 1. The van der Waals surface area contributed by atoms with Crippen molar-refractivity contribution in [2.75, 3.05) is 0 Å². The summed E-state index contributed by atoms with van der Waals surface area (Å²) in [7, 11) is 3.63. The lowest BCUT2D eigenvalue weighted by molar-refractivity contribution is 0.425. The van der Waals surface area contributed by atoms with Crippen LogP contribution in [0.2, 0.25) is 0 Å². The summed E-state index contributed by atoms with van der Waals surface area (Å²) in [6.45, 7) is 15.4. The van der Waals surface area contributed by atoms with Crippen molar-refractivity contribution in [3.8, 4) is 5.75 Å². The highest BCUT2D eigenvalue weighted by Crippen LogP contribution is 2.40. The van der Waals surface area contributed by atoms with Gasteiger partial charge < -0.3 is 4.74 Å². The second-order valence-corrected chi connectivity index (χ2v) is 6.83. The molecule has 95 valence electrons. The number of hydrogen-bond donors (Lipinski definition) is 0. The van der Waals surface area contributed by atoms with E-state index in [9.17, 15) is 0 Å². The Morgan fingerprint density at radius 3 is 1.47 bits per heavy atom. The summed E-state index contributed by atoms with van der Waals surface area (Å²) in [5.41, 5.74) is 3.88. The van der Waals surface area contributed by atoms with Crippen LogP contribution in [0.1, 0.15) is 58.2 Å². The minimum Gasteiger partial charge on any atom is -0.489 e. The van der Waals surface area contributed by atoms with Crippen LogP contribution in [0, 0.1) is 14.0 Å². The van der Waals surface area contributed by atoms with Gasteiger partial charge in [0.1, 0.15) is 12.9 Å². The fourth-order valence-electron chi connectivity index (χ4n) is 2.04. The summed E-state index contributed by atoms with van der Waals surface area (Å²) >= 11 is 0. The SMILES string of the molecule is [CH2]Oc1c(C(C)(C)C)cc(C)cc1C(C)(C)C. The van der Waals surface area contributed by atoms with Gasteiger partial charge in [-0.3, -0.25) is 0 Å². The molecule has 0 fully saturated rings. The summed E-state index contributed by atoms with van der Waals surface area (Å²) in [5, 5.41) is 0. The van der Waals surface area contributed by atoms with E-state index in [2.05, 4.69) is 67.7 Å². The van der Waals surface area contributed by atoms with E-state index in [1.807, 2.05) is 0 Å². The molecule has 0 N–H and O–H groups in total. The molecule has 0 heterocycles. The Kier molecular flexibility index (Phi) is 3.61. The first-order chi connectivity index (χ1) is 7.57. The van der Waals surface area contributed by atoms with Crippen molar-refractivity contribution in [2.45, 2.75) is 59.3 Å². The molecule has 1 aromatic carbocycles. The molecule has 1 heteroatoms. The van der Waals surface area contributed by atoms with Crippen LogP contribution in [0.4, 0.5) is 0 Å². The highest BCUT2D eigenvalue weighted by molar-refractivity contribution is 5.50. The summed E-state index contributed by atoms with van der Waals surface area (Å²) in [4.78, 5) is 0. The topological polar surface area (TPSA) is 9.23 Å². The van der Waals surface area contributed by atoms with E-state index in [4.69, 9.17) is 4.74 Å². The highest BCUT2D eigenvalue weighted by atomic mass is 16.5. The Morgan fingerprint density at radius 1 is 0.882 bits per heavy atom. The van der Waals surface area contributed by atoms with E-state index >= 15 is 0 Å². The molecule has 0 unspecified atom stereocenters. The van der Waals surface area contributed by atoms with E-state index in [-0.39, 0.29) is 10.8 Å². The predicted molar refractivity (Wildman–Crippen MR) is 74.6 cm³/mol. The van der Waals surface area contributed by atoms with Crippen molar-refractivity contribution in [1.82, 2.24) is 0 Å². The molecular weight excluding hydrogens is 208 g/mol. The first-order valence-electron chi connectivity index (χ1n) is 6.15. The number of aryl methyl sites for hydroxylation is 1. The van der Waals surface area contributed by atoms with Gasteiger partial charge in [-0.15, -0.1) is 0 Å². The molecule has 0 aliphatic carbocycles. The maximum Gasteiger partial charge on any atom is 0.126 e. The number of hydrogen-bond acceptors (Lipinski definition) is 1. The van der Waals surface area contributed by atoms with E-state index in [1.54, 1.807) is 0 Å². The normalized spacial score (nSPS) is 12.7. The molecule has 1 rings (SSSR count). The van der Waals surface area contributed by atoms with Crippen molar-refractivity contribution in [2.24, 2.45) is 0 Å². The average Bonchev–Trinajstić information content (AvgIpc) is 2.13. The molecule has 1 aromatic rings. The molecule has 17 heavy (non-hydrogen) atoms. The minimum atomic E-state index is 0.0685. The molecule has 1 radical (unpaired) electrons. The van der Waals surface area contributed by atoms with Gasteiger partial charge in [-0.25, -0.2) is 0 Å². The van der Waals surface area contributed by atoms with Crippen molar-refractivity contribution in [3.05, 3.63) is 35.9 Å². The van der Waals surface area contributed by atoms with Crippen molar-refractivity contribution >= 4 is 0 Å². The fourth-order valence-corrected chi connectivity index (χ4v) is 2.04. The smallest absolute Gasteiger partial charge is 0.126 e. The third kappa shape index (κ3) is 3.02. The maximum atomic E-state index is 5.43. The van der Waals surface area contributed by atoms with Crippen molar-refractivity contribution < 1.29 is 4.74 Å². The molecule has 0 aliphatic rings. The van der Waals surface area contributed by atoms with Crippen LogP contribution in [-0.2, 0) is 10.8 Å². The minimum absolute atomic E-state index is 0.0685. The Bertz CT molecular complexity index is 368. The van der Waals surface area contributed by atoms with Crippen LogP contribution in [0.25, 0.3) is 0 Å². The highest BCUT2D eigenvalue weighted by Gasteiger charge is 2.26. The third-order valence-corrected chi connectivity index (χ3v) is 2.99. The zero-order valence-electron chi connectivity index (χ0n) is 12.3. The number of ether oxygens (including phenoxy) is 1. The van der Waals surface area contributed by atoms with Crippen LogP contribution in [0.3, 0.4) is 0 Å². The van der Waals surface area contributed by atoms with Crippen LogP contribution >= 0.6 is 0 Å². The van der Waals surface area contributed by atoms with Gasteiger partial charge in [-0.1, -0.05) is 59.2 Å². The Balaban J connectivity index is 3.58.